The van der Waals surface area contributed by atoms with E-state index in [1.54, 1.807) is 0 Å². The van der Waals surface area contributed by atoms with Crippen molar-refractivity contribution in [1.82, 2.24) is 0 Å². The van der Waals surface area contributed by atoms with Crippen LogP contribution < -0.4 is 0 Å². The van der Waals surface area contributed by atoms with Gasteiger partial charge >= 0.3 is 0 Å². The summed E-state index contributed by atoms with van der Waals surface area (Å²) in [5, 5.41) is 10.4. The van der Waals surface area contributed by atoms with Gasteiger partial charge in [0, 0.05) is 18.3 Å². The molecule has 0 amide bonds. The first-order valence-electron chi connectivity index (χ1n) is 8.81. The predicted molar refractivity (Wildman–Crippen MR) is 83.1 cm³/mol. The van der Waals surface area contributed by atoms with Crippen molar-refractivity contribution in [3.05, 3.63) is 11.6 Å². The first kappa shape index (κ1) is 14.6. The van der Waals surface area contributed by atoms with Crippen LogP contribution >= 0.6 is 0 Å². The maximum atomic E-state index is 12.1. The van der Waals surface area contributed by atoms with Gasteiger partial charge in [0.2, 0.25) is 0 Å². The molecule has 22 heavy (non-hydrogen) atoms. The highest BCUT2D eigenvalue weighted by Crippen LogP contribution is 2.64. The first-order valence-corrected chi connectivity index (χ1v) is 8.81. The first-order chi connectivity index (χ1) is 10.4. The van der Waals surface area contributed by atoms with Gasteiger partial charge in [-0.3, -0.25) is 9.59 Å². The minimum atomic E-state index is -0.754. The number of ketones is 2. The average molecular weight is 302 g/mol. The third-order valence-corrected chi connectivity index (χ3v) is 7.75. The fourth-order valence-electron chi connectivity index (χ4n) is 6.33. The summed E-state index contributed by atoms with van der Waals surface area (Å²) in [5.41, 5.74) is 1.30. The molecule has 3 heteroatoms. The molecule has 0 saturated heterocycles. The number of carbonyl (C=O) groups excluding carboxylic acids is 2. The van der Waals surface area contributed by atoms with Crippen molar-refractivity contribution >= 4 is 11.6 Å². The van der Waals surface area contributed by atoms with E-state index in [2.05, 4.69) is 13.8 Å². The molecule has 0 bridgehead atoms. The molecule has 120 valence electrons. The zero-order valence-corrected chi connectivity index (χ0v) is 13.6. The lowest BCUT2D eigenvalue weighted by Crippen LogP contribution is -2.51. The Labute approximate surface area is 132 Å². The summed E-state index contributed by atoms with van der Waals surface area (Å²) in [7, 11) is 0. The van der Waals surface area contributed by atoms with Crippen LogP contribution in [0.5, 0.6) is 0 Å². The fourth-order valence-corrected chi connectivity index (χ4v) is 6.33. The molecule has 4 rings (SSSR count). The van der Waals surface area contributed by atoms with E-state index in [4.69, 9.17) is 0 Å². The van der Waals surface area contributed by atoms with Crippen LogP contribution in [0.1, 0.15) is 58.8 Å². The van der Waals surface area contributed by atoms with Crippen molar-refractivity contribution < 1.29 is 14.7 Å². The standard InChI is InChI=1S/C19H26O3/c1-18-7-5-12(20)9-11(18)3-4-13-14(18)6-8-19(2)15(13)10-16(21)17(19)22/h9,13-15,17,22H,3-8,10H2,1-2H3. The second kappa shape index (κ2) is 4.53. The van der Waals surface area contributed by atoms with Gasteiger partial charge in [-0.1, -0.05) is 19.4 Å². The third-order valence-electron chi connectivity index (χ3n) is 7.75. The second-order valence-electron chi connectivity index (χ2n) is 8.59. The van der Waals surface area contributed by atoms with Gasteiger partial charge in [-0.05, 0) is 61.3 Å². The monoisotopic (exact) mass is 302 g/mol. The van der Waals surface area contributed by atoms with Crippen LogP contribution in [0.15, 0.2) is 11.6 Å². The SMILES string of the molecule is CC12CCC(=O)C=C1CCC1C2CCC2(C)C(O)C(=O)CC12. The van der Waals surface area contributed by atoms with Crippen molar-refractivity contribution in [3.63, 3.8) is 0 Å². The summed E-state index contributed by atoms with van der Waals surface area (Å²) < 4.78 is 0. The number of fused-ring (bicyclic) bond motifs is 5. The molecule has 3 saturated carbocycles. The fraction of sp³-hybridized carbons (Fsp3) is 0.789. The molecule has 6 atom stereocenters. The molecule has 6 unspecified atom stereocenters. The highest BCUT2D eigenvalue weighted by molar-refractivity contribution is 5.91. The summed E-state index contributed by atoms with van der Waals surface area (Å²) in [6.45, 7) is 4.47. The number of allylic oxidation sites excluding steroid dienone is 1. The molecule has 0 heterocycles. The summed E-state index contributed by atoms with van der Waals surface area (Å²) in [6, 6.07) is 0. The van der Waals surface area contributed by atoms with Crippen molar-refractivity contribution in [2.75, 3.05) is 0 Å². The smallest absolute Gasteiger partial charge is 0.162 e. The minimum Gasteiger partial charge on any atom is -0.385 e. The molecule has 3 fully saturated rings. The lowest BCUT2D eigenvalue weighted by Gasteiger charge is -2.57. The van der Waals surface area contributed by atoms with E-state index in [1.807, 2.05) is 6.08 Å². The topological polar surface area (TPSA) is 54.4 Å². The zero-order valence-electron chi connectivity index (χ0n) is 13.6. The van der Waals surface area contributed by atoms with Gasteiger partial charge in [-0.2, -0.15) is 0 Å². The van der Waals surface area contributed by atoms with Gasteiger partial charge in [0.05, 0.1) is 0 Å². The van der Waals surface area contributed by atoms with Crippen LogP contribution in [0.4, 0.5) is 0 Å². The quantitative estimate of drug-likeness (QED) is 0.748. The number of carbonyl (C=O) groups is 2. The van der Waals surface area contributed by atoms with Gasteiger partial charge in [-0.15, -0.1) is 0 Å². The Morgan fingerprint density at radius 3 is 2.64 bits per heavy atom. The molecule has 4 aliphatic rings. The Hall–Kier alpha value is -0.960. The summed E-state index contributed by atoms with van der Waals surface area (Å²) >= 11 is 0. The van der Waals surface area contributed by atoms with E-state index < -0.39 is 6.10 Å². The van der Waals surface area contributed by atoms with Gasteiger partial charge in [0.1, 0.15) is 6.10 Å². The second-order valence-corrected chi connectivity index (χ2v) is 8.59. The lowest BCUT2D eigenvalue weighted by molar-refractivity contribution is -0.129. The van der Waals surface area contributed by atoms with Crippen LogP contribution in [0.3, 0.4) is 0 Å². The Morgan fingerprint density at radius 1 is 1.09 bits per heavy atom. The molecular formula is C19H26O3. The lowest BCUT2D eigenvalue weighted by atomic mass is 9.47. The van der Waals surface area contributed by atoms with E-state index >= 15 is 0 Å². The minimum absolute atomic E-state index is 0.0541. The molecule has 0 spiro atoms. The van der Waals surface area contributed by atoms with E-state index in [9.17, 15) is 14.7 Å². The van der Waals surface area contributed by atoms with E-state index in [-0.39, 0.29) is 22.4 Å². The predicted octanol–water partition coefficient (Wildman–Crippen LogP) is 3.06. The Bertz CT molecular complexity index is 577. The highest BCUT2D eigenvalue weighted by Gasteiger charge is 2.61. The molecule has 0 aromatic rings. The van der Waals surface area contributed by atoms with Gasteiger partial charge in [0.15, 0.2) is 11.6 Å². The van der Waals surface area contributed by atoms with Crippen LogP contribution in [0.25, 0.3) is 0 Å². The normalized spacial score (nSPS) is 51.0. The zero-order chi connectivity index (χ0) is 15.7. The Morgan fingerprint density at radius 2 is 1.86 bits per heavy atom. The number of aliphatic hydroxyl groups excluding tert-OH is 1. The molecule has 0 aliphatic heterocycles. The number of aliphatic hydroxyl groups is 1. The van der Waals surface area contributed by atoms with E-state index in [1.165, 1.54) is 5.57 Å². The number of hydrogen-bond acceptors (Lipinski definition) is 3. The van der Waals surface area contributed by atoms with E-state index in [0.717, 1.165) is 32.1 Å². The summed E-state index contributed by atoms with van der Waals surface area (Å²) in [5.74, 6) is 1.80. The van der Waals surface area contributed by atoms with Crippen molar-refractivity contribution in [2.24, 2.45) is 28.6 Å². The number of hydrogen-bond donors (Lipinski definition) is 1. The van der Waals surface area contributed by atoms with Gasteiger partial charge in [0.25, 0.3) is 0 Å². The largest absolute Gasteiger partial charge is 0.385 e. The van der Waals surface area contributed by atoms with E-state index in [0.29, 0.717) is 30.6 Å². The Kier molecular flexibility index (Phi) is 3.01. The van der Waals surface area contributed by atoms with Crippen molar-refractivity contribution in [1.29, 1.82) is 0 Å². The molecule has 1 N–H and O–H groups in total. The van der Waals surface area contributed by atoms with Crippen molar-refractivity contribution in [2.45, 2.75) is 64.9 Å². The van der Waals surface area contributed by atoms with Crippen LogP contribution in [-0.2, 0) is 9.59 Å². The van der Waals surface area contributed by atoms with Crippen LogP contribution in [-0.4, -0.2) is 22.8 Å². The van der Waals surface area contributed by atoms with Crippen LogP contribution in [0, 0.1) is 28.6 Å². The maximum Gasteiger partial charge on any atom is 0.162 e. The summed E-state index contributed by atoms with van der Waals surface area (Å²) in [6.07, 6.45) is 7.49. The summed E-state index contributed by atoms with van der Waals surface area (Å²) in [4.78, 5) is 23.9. The van der Waals surface area contributed by atoms with Crippen molar-refractivity contribution in [3.8, 4) is 0 Å². The average Bonchev–Trinajstić information content (AvgIpc) is 2.72. The molecule has 0 radical (unpaired) electrons. The molecule has 4 aliphatic carbocycles. The highest BCUT2D eigenvalue weighted by atomic mass is 16.3. The maximum absolute atomic E-state index is 12.1. The molecule has 3 nitrogen and oxygen atoms in total. The molecule has 0 aromatic carbocycles. The van der Waals surface area contributed by atoms with Crippen LogP contribution in [0.2, 0.25) is 0 Å². The molecular weight excluding hydrogens is 276 g/mol. The number of Topliss-reactive ketones (excluding diaryl/α,β-unsaturated/α-hetero) is 1. The number of rotatable bonds is 0. The van der Waals surface area contributed by atoms with Gasteiger partial charge < -0.3 is 5.11 Å². The molecule has 0 aromatic heterocycles. The Balaban J connectivity index is 1.70. The van der Waals surface area contributed by atoms with Gasteiger partial charge in [-0.25, -0.2) is 0 Å². The third kappa shape index (κ3) is 1.72.